The van der Waals surface area contributed by atoms with Crippen molar-refractivity contribution in [3.63, 3.8) is 0 Å². The van der Waals surface area contributed by atoms with Crippen LogP contribution in [0.25, 0.3) is 10.2 Å². The first-order valence-electron chi connectivity index (χ1n) is 7.44. The second-order valence-electron chi connectivity index (χ2n) is 5.73. The van der Waals surface area contributed by atoms with Crippen LogP contribution in [0.3, 0.4) is 0 Å². The fourth-order valence-electron chi connectivity index (χ4n) is 2.37. The van der Waals surface area contributed by atoms with Gasteiger partial charge in [0.05, 0.1) is 16.8 Å². The number of hydrogen-bond acceptors (Lipinski definition) is 5. The minimum Gasteiger partial charge on any atom is -0.394 e. The Morgan fingerprint density at radius 3 is 2.86 bits per heavy atom. The molecule has 1 aromatic carbocycles. The van der Waals surface area contributed by atoms with Gasteiger partial charge in [0.1, 0.15) is 0 Å². The van der Waals surface area contributed by atoms with E-state index in [0.717, 1.165) is 29.2 Å². The average Bonchev–Trinajstić information content (AvgIpc) is 2.87. The van der Waals surface area contributed by atoms with Crippen LogP contribution < -0.4 is 5.32 Å². The van der Waals surface area contributed by atoms with Gasteiger partial charge in [0, 0.05) is 10.8 Å². The van der Waals surface area contributed by atoms with Crippen molar-refractivity contribution in [2.75, 3.05) is 13.2 Å². The Bertz CT molecular complexity index is 539. The van der Waals surface area contributed by atoms with E-state index in [1.807, 2.05) is 6.07 Å². The fraction of sp³-hybridized carbons (Fsp3) is 0.562. The number of hydrogen-bond donors (Lipinski definition) is 2. The Labute approximate surface area is 135 Å². The molecule has 116 valence electrons. The topological polar surface area (TPSA) is 45.1 Å². The molecule has 2 rings (SSSR count). The first-order chi connectivity index (χ1) is 10.1. The van der Waals surface area contributed by atoms with Crippen molar-refractivity contribution < 1.29 is 5.11 Å². The maximum absolute atomic E-state index is 9.66. The second kappa shape index (κ2) is 7.58. The van der Waals surface area contributed by atoms with Crippen molar-refractivity contribution in [1.29, 1.82) is 0 Å². The molecule has 2 N–H and O–H groups in total. The zero-order valence-electron chi connectivity index (χ0n) is 12.9. The molecule has 2 unspecified atom stereocenters. The molecule has 0 amide bonds. The average molecular weight is 325 g/mol. The van der Waals surface area contributed by atoms with Gasteiger partial charge in [-0.1, -0.05) is 37.7 Å². The van der Waals surface area contributed by atoms with Gasteiger partial charge in [-0.15, -0.1) is 11.3 Å². The molecule has 0 aliphatic rings. The first-order valence-corrected chi connectivity index (χ1v) is 9.14. The monoisotopic (exact) mass is 324 g/mol. The summed E-state index contributed by atoms with van der Waals surface area (Å²) in [7, 11) is 0. The molecule has 0 spiro atoms. The smallest absolute Gasteiger partial charge is 0.151 e. The zero-order chi connectivity index (χ0) is 15.3. The van der Waals surface area contributed by atoms with Gasteiger partial charge >= 0.3 is 0 Å². The highest BCUT2D eigenvalue weighted by Crippen LogP contribution is 2.34. The molecule has 5 heteroatoms. The fourth-order valence-corrected chi connectivity index (χ4v) is 4.97. The number of thioether (sulfide) groups is 1. The van der Waals surface area contributed by atoms with Gasteiger partial charge in [0.15, 0.2) is 4.34 Å². The molecule has 2 atom stereocenters. The van der Waals surface area contributed by atoms with E-state index in [2.05, 4.69) is 49.3 Å². The van der Waals surface area contributed by atoms with Gasteiger partial charge in [-0.3, -0.25) is 0 Å². The summed E-state index contributed by atoms with van der Waals surface area (Å²) in [5, 5.41) is 13.5. The highest BCUT2D eigenvalue weighted by molar-refractivity contribution is 8.01. The summed E-state index contributed by atoms with van der Waals surface area (Å²) in [5.74, 6) is 0. The Hall–Kier alpha value is -0.620. The van der Waals surface area contributed by atoms with Gasteiger partial charge in [-0.05, 0) is 38.4 Å². The molecule has 0 saturated heterocycles. The van der Waals surface area contributed by atoms with Gasteiger partial charge in [0.2, 0.25) is 0 Å². The Kier molecular flexibility index (Phi) is 6.05. The van der Waals surface area contributed by atoms with E-state index in [9.17, 15) is 5.11 Å². The lowest BCUT2D eigenvalue weighted by Gasteiger charge is -2.31. The van der Waals surface area contributed by atoms with Crippen LogP contribution in [0.2, 0.25) is 0 Å². The van der Waals surface area contributed by atoms with E-state index in [4.69, 9.17) is 0 Å². The molecule has 0 aliphatic heterocycles. The van der Waals surface area contributed by atoms with Gasteiger partial charge in [-0.2, -0.15) is 0 Å². The first kappa shape index (κ1) is 16.7. The van der Waals surface area contributed by atoms with Crippen LogP contribution in [0.1, 0.15) is 33.6 Å². The molecular formula is C16H24N2OS2. The minimum atomic E-state index is -0.209. The zero-order valence-corrected chi connectivity index (χ0v) is 14.6. The molecule has 0 fully saturated rings. The third-order valence-corrected chi connectivity index (χ3v) is 5.70. The Balaban J connectivity index is 1.98. The Morgan fingerprint density at radius 1 is 1.43 bits per heavy atom. The number of aliphatic hydroxyl groups is 1. The highest BCUT2D eigenvalue weighted by atomic mass is 32.2. The summed E-state index contributed by atoms with van der Waals surface area (Å²) in [6, 6.07) is 8.25. The summed E-state index contributed by atoms with van der Waals surface area (Å²) in [6.07, 6.45) is 2.00. The normalized spacial score (nSPS) is 16.0. The van der Waals surface area contributed by atoms with E-state index < -0.39 is 0 Å². The van der Waals surface area contributed by atoms with Crippen molar-refractivity contribution in [2.45, 2.75) is 48.7 Å². The maximum Gasteiger partial charge on any atom is 0.151 e. The lowest BCUT2D eigenvalue weighted by atomic mass is 9.97. The molecule has 1 heterocycles. The maximum atomic E-state index is 9.66. The van der Waals surface area contributed by atoms with Crippen molar-refractivity contribution in [2.24, 2.45) is 0 Å². The summed E-state index contributed by atoms with van der Waals surface area (Å²) in [6.45, 7) is 7.55. The Morgan fingerprint density at radius 2 is 2.19 bits per heavy atom. The van der Waals surface area contributed by atoms with Crippen LogP contribution in [-0.4, -0.2) is 34.0 Å². The van der Waals surface area contributed by atoms with E-state index in [1.165, 1.54) is 4.70 Å². The van der Waals surface area contributed by atoms with Crippen molar-refractivity contribution >= 4 is 33.3 Å². The number of aliphatic hydroxyl groups excluding tert-OH is 1. The van der Waals surface area contributed by atoms with E-state index in [1.54, 1.807) is 23.1 Å². The molecule has 0 saturated carbocycles. The molecule has 21 heavy (non-hydrogen) atoms. The molecule has 0 radical (unpaired) electrons. The van der Waals surface area contributed by atoms with Crippen molar-refractivity contribution in [3.8, 4) is 0 Å². The SMILES string of the molecule is CCCNC(C)(CO)CC(C)Sc1nc2ccccc2s1. The predicted octanol–water partition coefficient (Wildman–Crippen LogP) is 3.92. The number of para-hydroxylation sites is 1. The van der Waals surface area contributed by atoms with Crippen molar-refractivity contribution in [3.05, 3.63) is 24.3 Å². The summed E-state index contributed by atoms with van der Waals surface area (Å²) in [4.78, 5) is 4.67. The summed E-state index contributed by atoms with van der Waals surface area (Å²) >= 11 is 3.55. The quantitative estimate of drug-likeness (QED) is 0.723. The number of nitrogens with zero attached hydrogens (tertiary/aromatic N) is 1. The lowest BCUT2D eigenvalue weighted by molar-refractivity contribution is 0.166. The van der Waals surface area contributed by atoms with Gasteiger partial charge in [-0.25, -0.2) is 4.98 Å². The molecule has 1 aromatic heterocycles. The molecule has 0 aliphatic carbocycles. The second-order valence-corrected chi connectivity index (χ2v) is 8.44. The molecule has 2 aromatic rings. The van der Waals surface area contributed by atoms with Crippen LogP contribution in [0.15, 0.2) is 28.6 Å². The van der Waals surface area contributed by atoms with Crippen molar-refractivity contribution in [1.82, 2.24) is 10.3 Å². The van der Waals surface area contributed by atoms with Crippen LogP contribution in [0, 0.1) is 0 Å². The standard InChI is InChI=1S/C16H24N2OS2/c1-4-9-17-16(3,11-19)10-12(2)20-15-18-13-7-5-6-8-14(13)21-15/h5-8,12,17,19H,4,9-11H2,1-3H3. The van der Waals surface area contributed by atoms with Crippen LogP contribution >= 0.6 is 23.1 Å². The minimum absolute atomic E-state index is 0.164. The van der Waals surface area contributed by atoms with E-state index >= 15 is 0 Å². The molecular weight excluding hydrogens is 300 g/mol. The third-order valence-electron chi connectivity index (χ3n) is 3.46. The highest BCUT2D eigenvalue weighted by Gasteiger charge is 2.25. The van der Waals surface area contributed by atoms with Gasteiger partial charge < -0.3 is 10.4 Å². The number of thiazole rings is 1. The van der Waals surface area contributed by atoms with Crippen LogP contribution in [-0.2, 0) is 0 Å². The molecule has 3 nitrogen and oxygen atoms in total. The summed E-state index contributed by atoms with van der Waals surface area (Å²) < 4.78 is 2.35. The number of fused-ring (bicyclic) bond motifs is 1. The number of nitrogens with one attached hydrogen (secondary N) is 1. The lowest BCUT2D eigenvalue weighted by Crippen LogP contribution is -2.47. The predicted molar refractivity (Wildman–Crippen MR) is 93.3 cm³/mol. The largest absolute Gasteiger partial charge is 0.394 e. The number of benzene rings is 1. The number of rotatable bonds is 8. The van der Waals surface area contributed by atoms with Crippen LogP contribution in [0.5, 0.6) is 0 Å². The molecule has 0 bridgehead atoms. The van der Waals surface area contributed by atoms with Gasteiger partial charge in [0.25, 0.3) is 0 Å². The van der Waals surface area contributed by atoms with E-state index in [-0.39, 0.29) is 12.1 Å². The summed E-state index contributed by atoms with van der Waals surface area (Å²) in [5.41, 5.74) is 0.866. The number of aromatic nitrogens is 1. The van der Waals surface area contributed by atoms with E-state index in [0.29, 0.717) is 5.25 Å². The van der Waals surface area contributed by atoms with Crippen LogP contribution in [0.4, 0.5) is 0 Å². The third kappa shape index (κ3) is 4.68.